The van der Waals surface area contributed by atoms with Crippen molar-refractivity contribution in [2.45, 2.75) is 24.6 Å². The summed E-state index contributed by atoms with van der Waals surface area (Å²) in [5.41, 5.74) is 1.10. The van der Waals surface area contributed by atoms with Gasteiger partial charge in [0.1, 0.15) is 17.3 Å². The molecule has 0 saturated carbocycles. The van der Waals surface area contributed by atoms with Crippen LogP contribution in [0.25, 0.3) is 0 Å². The zero-order chi connectivity index (χ0) is 18.4. The van der Waals surface area contributed by atoms with Crippen molar-refractivity contribution in [3.8, 4) is 0 Å². The van der Waals surface area contributed by atoms with Crippen molar-refractivity contribution >= 4 is 17.6 Å². The minimum Gasteiger partial charge on any atom is -0.464 e. The van der Waals surface area contributed by atoms with E-state index >= 15 is 0 Å². The Balaban J connectivity index is 1.42. The third kappa shape index (κ3) is 5.69. The second-order valence-electron chi connectivity index (χ2n) is 6.36. The highest BCUT2D eigenvalue weighted by atomic mass is 32.2. The number of piperazine rings is 1. The molecule has 3 rings (SSSR count). The Labute approximate surface area is 156 Å². The maximum absolute atomic E-state index is 12.2. The van der Waals surface area contributed by atoms with Crippen molar-refractivity contribution < 1.29 is 13.2 Å². The first-order valence-electron chi connectivity index (χ1n) is 8.66. The fourth-order valence-electron chi connectivity index (χ4n) is 2.81. The number of nitrogens with zero attached hydrogens (tertiary/aromatic N) is 3. The van der Waals surface area contributed by atoms with Gasteiger partial charge in [-0.15, -0.1) is 0 Å². The molecule has 0 radical (unpaired) electrons. The molecule has 142 valence electrons. The molecule has 1 aliphatic heterocycles. The lowest BCUT2D eigenvalue weighted by Crippen LogP contribution is -2.44. The van der Waals surface area contributed by atoms with Gasteiger partial charge in [-0.05, 0) is 30.8 Å². The van der Waals surface area contributed by atoms with Crippen LogP contribution < -0.4 is 10.2 Å². The summed E-state index contributed by atoms with van der Waals surface area (Å²) in [5.74, 6) is 0.161. The quantitative estimate of drug-likeness (QED) is 0.757. The number of hydrogen-bond acceptors (Lipinski definition) is 6. The second-order valence-corrected chi connectivity index (χ2v) is 7.34. The summed E-state index contributed by atoms with van der Waals surface area (Å²) in [6, 6.07) is 7.72. The van der Waals surface area contributed by atoms with Crippen molar-refractivity contribution in [1.29, 1.82) is 0 Å². The van der Waals surface area contributed by atoms with Gasteiger partial charge in [-0.1, -0.05) is 17.8 Å². The molecular weight excluding hydrogens is 358 g/mol. The molecule has 0 aliphatic carbocycles. The fraction of sp³-hybridized carbons (Fsp3) is 0.500. The number of furan rings is 1. The monoisotopic (exact) mass is 382 g/mol. The zero-order valence-electron chi connectivity index (χ0n) is 14.8. The maximum Gasteiger partial charge on any atom is 0.284 e. The number of thioether (sulfide) groups is 1. The summed E-state index contributed by atoms with van der Waals surface area (Å²) in [5, 5.41) is 3.29. The second kappa shape index (κ2) is 9.34. The van der Waals surface area contributed by atoms with Gasteiger partial charge < -0.3 is 19.5 Å². The number of rotatable bonds is 8. The lowest BCUT2D eigenvalue weighted by molar-refractivity contribution is 0.251. The number of halogens is 2. The smallest absolute Gasteiger partial charge is 0.284 e. The lowest BCUT2D eigenvalue weighted by atomic mass is 10.2. The maximum atomic E-state index is 12.2. The van der Waals surface area contributed by atoms with Crippen LogP contribution in [0.5, 0.6) is 0 Å². The van der Waals surface area contributed by atoms with Crippen LogP contribution in [0, 0.1) is 0 Å². The van der Waals surface area contributed by atoms with E-state index in [-0.39, 0.29) is 5.75 Å². The standard InChI is InChI=1S/C18H24F2N4OS/c1-23-6-8-24(9-7-23)17-5-2-14(11-22-17)10-21-12-15-3-4-16(25-15)13-26-18(19)20/h2-5,11,18,21H,6-10,12-13H2,1H3. The SMILES string of the molecule is CN1CCN(c2ccc(CNCc3ccc(CSC(F)F)o3)cn2)CC1. The van der Waals surface area contributed by atoms with E-state index in [2.05, 4.69) is 39.3 Å². The van der Waals surface area contributed by atoms with E-state index in [9.17, 15) is 8.78 Å². The van der Waals surface area contributed by atoms with Gasteiger partial charge in [-0.2, -0.15) is 8.78 Å². The highest BCUT2D eigenvalue weighted by Gasteiger charge is 2.14. The Morgan fingerprint density at radius 2 is 1.88 bits per heavy atom. The van der Waals surface area contributed by atoms with Crippen LogP contribution in [0.2, 0.25) is 0 Å². The molecule has 2 aromatic heterocycles. The van der Waals surface area contributed by atoms with Gasteiger partial charge in [0.25, 0.3) is 5.76 Å². The molecule has 0 amide bonds. The van der Waals surface area contributed by atoms with Crippen LogP contribution in [0.15, 0.2) is 34.9 Å². The summed E-state index contributed by atoms with van der Waals surface area (Å²) >= 11 is 0.569. The predicted octanol–water partition coefficient (Wildman–Crippen LogP) is 3.17. The Hall–Kier alpha value is -1.64. The molecule has 0 spiro atoms. The van der Waals surface area contributed by atoms with Crippen LogP contribution in [-0.4, -0.2) is 48.9 Å². The summed E-state index contributed by atoms with van der Waals surface area (Å²) in [6.45, 7) is 5.37. The van der Waals surface area contributed by atoms with Gasteiger partial charge in [0.2, 0.25) is 0 Å². The molecular formula is C18H24F2N4OS. The van der Waals surface area contributed by atoms with E-state index < -0.39 is 5.76 Å². The van der Waals surface area contributed by atoms with Gasteiger partial charge in [-0.25, -0.2) is 4.98 Å². The largest absolute Gasteiger partial charge is 0.464 e. The van der Waals surface area contributed by atoms with Gasteiger partial charge in [-0.3, -0.25) is 0 Å². The third-order valence-electron chi connectivity index (χ3n) is 4.33. The molecule has 1 aliphatic rings. The van der Waals surface area contributed by atoms with Crippen LogP contribution in [0.3, 0.4) is 0 Å². The molecule has 0 atom stereocenters. The number of hydrogen-bond donors (Lipinski definition) is 1. The zero-order valence-corrected chi connectivity index (χ0v) is 15.6. The number of anilines is 1. The van der Waals surface area contributed by atoms with Gasteiger partial charge in [0.05, 0.1) is 12.3 Å². The van der Waals surface area contributed by atoms with Crippen LogP contribution in [0.4, 0.5) is 14.6 Å². The van der Waals surface area contributed by atoms with Gasteiger partial charge in [0.15, 0.2) is 0 Å². The molecule has 0 bridgehead atoms. The van der Waals surface area contributed by atoms with Crippen LogP contribution >= 0.6 is 11.8 Å². The van der Waals surface area contributed by atoms with E-state index in [1.807, 2.05) is 12.3 Å². The number of aromatic nitrogens is 1. The predicted molar refractivity (Wildman–Crippen MR) is 100 cm³/mol. The Bertz CT molecular complexity index is 672. The average Bonchev–Trinajstić information content (AvgIpc) is 3.09. The average molecular weight is 382 g/mol. The molecule has 26 heavy (non-hydrogen) atoms. The van der Waals surface area contributed by atoms with Gasteiger partial charge in [0, 0.05) is 38.9 Å². The minimum absolute atomic E-state index is 0.190. The van der Waals surface area contributed by atoms with E-state index in [0.29, 0.717) is 30.6 Å². The van der Waals surface area contributed by atoms with E-state index in [1.165, 1.54) is 0 Å². The number of nitrogens with one attached hydrogen (secondary N) is 1. The van der Waals surface area contributed by atoms with E-state index in [4.69, 9.17) is 4.42 Å². The van der Waals surface area contributed by atoms with Gasteiger partial charge >= 0.3 is 0 Å². The summed E-state index contributed by atoms with van der Waals surface area (Å²) in [4.78, 5) is 9.19. The Morgan fingerprint density at radius 1 is 1.12 bits per heavy atom. The molecule has 1 saturated heterocycles. The summed E-state index contributed by atoms with van der Waals surface area (Å²) in [7, 11) is 2.14. The van der Waals surface area contributed by atoms with Crippen molar-refractivity contribution in [2.24, 2.45) is 0 Å². The Kier molecular flexibility index (Phi) is 6.87. The van der Waals surface area contributed by atoms with Crippen molar-refractivity contribution in [2.75, 3.05) is 38.1 Å². The molecule has 5 nitrogen and oxygen atoms in total. The van der Waals surface area contributed by atoms with Crippen LogP contribution in [0.1, 0.15) is 17.1 Å². The first-order valence-corrected chi connectivity index (χ1v) is 9.71. The molecule has 2 aromatic rings. The number of pyridine rings is 1. The molecule has 1 fully saturated rings. The van der Waals surface area contributed by atoms with Crippen molar-refractivity contribution in [3.63, 3.8) is 0 Å². The number of likely N-dealkylation sites (N-methyl/N-ethyl adjacent to an activating group) is 1. The highest BCUT2D eigenvalue weighted by molar-refractivity contribution is 7.98. The number of alkyl halides is 2. The third-order valence-corrected chi connectivity index (χ3v) is 5.04. The van der Waals surface area contributed by atoms with Crippen molar-refractivity contribution in [1.82, 2.24) is 15.2 Å². The first-order chi connectivity index (χ1) is 12.6. The van der Waals surface area contributed by atoms with E-state index in [0.717, 1.165) is 43.3 Å². The highest BCUT2D eigenvalue weighted by Crippen LogP contribution is 2.21. The normalized spacial score (nSPS) is 15.8. The van der Waals surface area contributed by atoms with Crippen LogP contribution in [-0.2, 0) is 18.8 Å². The topological polar surface area (TPSA) is 44.5 Å². The summed E-state index contributed by atoms with van der Waals surface area (Å²) in [6.07, 6.45) is 1.90. The fourth-order valence-corrected chi connectivity index (χ4v) is 3.26. The van der Waals surface area contributed by atoms with Crippen molar-refractivity contribution in [3.05, 3.63) is 47.5 Å². The molecule has 0 unspecified atom stereocenters. The lowest BCUT2D eigenvalue weighted by Gasteiger charge is -2.33. The molecule has 8 heteroatoms. The van der Waals surface area contributed by atoms with E-state index in [1.54, 1.807) is 6.07 Å². The molecule has 3 heterocycles. The summed E-state index contributed by atoms with van der Waals surface area (Å²) < 4.78 is 29.9. The minimum atomic E-state index is -2.37. The first kappa shape index (κ1) is 19.1. The Morgan fingerprint density at radius 3 is 2.58 bits per heavy atom. The molecule has 1 N–H and O–H groups in total. The molecule has 0 aromatic carbocycles.